The van der Waals surface area contributed by atoms with E-state index in [1.165, 1.54) is 0 Å². The van der Waals surface area contributed by atoms with Gasteiger partial charge in [0.05, 0.1) is 6.54 Å². The molecule has 4 heteroatoms. The number of amides is 1. The maximum atomic E-state index is 11.5. The molecule has 0 aliphatic heterocycles. The van der Waals surface area contributed by atoms with E-state index >= 15 is 0 Å². The minimum Gasteiger partial charge on any atom is -0.355 e. The van der Waals surface area contributed by atoms with Gasteiger partial charge in [-0.15, -0.1) is 0 Å². The molecule has 0 aromatic carbocycles. The van der Waals surface area contributed by atoms with Crippen molar-refractivity contribution in [3.63, 3.8) is 0 Å². The fourth-order valence-corrected chi connectivity index (χ4v) is 1.61. The minimum atomic E-state index is -0.0696. The van der Waals surface area contributed by atoms with Gasteiger partial charge in [-0.3, -0.25) is 9.69 Å². The summed E-state index contributed by atoms with van der Waals surface area (Å²) in [7, 11) is 0. The number of rotatable bonds is 7. The first-order chi connectivity index (χ1) is 7.03. The summed E-state index contributed by atoms with van der Waals surface area (Å²) >= 11 is 0. The summed E-state index contributed by atoms with van der Waals surface area (Å²) in [5.74, 6) is 0.0764. The molecule has 0 aromatic heterocycles. The van der Waals surface area contributed by atoms with Crippen LogP contribution in [0.3, 0.4) is 0 Å². The van der Waals surface area contributed by atoms with Gasteiger partial charge in [0.2, 0.25) is 5.91 Å². The molecule has 0 heterocycles. The summed E-state index contributed by atoms with van der Waals surface area (Å²) in [6, 6.07) is 0. The monoisotopic (exact) mass is 215 g/mol. The first-order valence-electron chi connectivity index (χ1n) is 5.75. The highest BCUT2D eigenvalue weighted by molar-refractivity contribution is 5.78. The zero-order valence-corrected chi connectivity index (χ0v) is 10.5. The second-order valence-corrected chi connectivity index (χ2v) is 4.02. The van der Waals surface area contributed by atoms with Crippen molar-refractivity contribution in [3.8, 4) is 0 Å². The Labute approximate surface area is 93.2 Å². The van der Waals surface area contributed by atoms with Crippen molar-refractivity contribution in [2.45, 2.75) is 39.7 Å². The molecule has 90 valence electrons. The molecule has 4 nitrogen and oxygen atoms in total. The zero-order valence-electron chi connectivity index (χ0n) is 10.5. The van der Waals surface area contributed by atoms with Crippen molar-refractivity contribution in [1.29, 1.82) is 0 Å². The standard InChI is InChI=1S/C11H25N3O/c1-5-11(4,9-12)14(7-3)8-10(15)13-6-2/h5-9,12H2,1-4H3,(H,13,15). The van der Waals surface area contributed by atoms with Gasteiger partial charge in [-0.25, -0.2) is 0 Å². The minimum absolute atomic E-state index is 0.0696. The third kappa shape index (κ3) is 4.18. The van der Waals surface area contributed by atoms with Crippen molar-refractivity contribution in [2.24, 2.45) is 5.73 Å². The number of carbonyl (C=O) groups is 1. The number of nitrogens with one attached hydrogen (secondary N) is 1. The van der Waals surface area contributed by atoms with Crippen LogP contribution in [0.1, 0.15) is 34.1 Å². The molecule has 0 aromatic rings. The summed E-state index contributed by atoms with van der Waals surface area (Å²) in [6.07, 6.45) is 0.955. The molecule has 0 spiro atoms. The van der Waals surface area contributed by atoms with Crippen LogP contribution >= 0.6 is 0 Å². The van der Waals surface area contributed by atoms with Gasteiger partial charge in [-0.05, 0) is 26.8 Å². The van der Waals surface area contributed by atoms with Crippen LogP contribution in [-0.4, -0.2) is 42.5 Å². The SMILES string of the molecule is CCNC(=O)CN(CC)C(C)(CC)CN. The molecular formula is C11H25N3O. The summed E-state index contributed by atoms with van der Waals surface area (Å²) in [6.45, 7) is 10.7. The fraction of sp³-hybridized carbons (Fsp3) is 0.909. The van der Waals surface area contributed by atoms with Crippen molar-refractivity contribution in [1.82, 2.24) is 10.2 Å². The van der Waals surface area contributed by atoms with E-state index < -0.39 is 0 Å². The number of nitrogens with two attached hydrogens (primary N) is 1. The number of likely N-dealkylation sites (N-methyl/N-ethyl adjacent to an activating group) is 2. The van der Waals surface area contributed by atoms with Gasteiger partial charge in [0.25, 0.3) is 0 Å². The second-order valence-electron chi connectivity index (χ2n) is 4.02. The van der Waals surface area contributed by atoms with Gasteiger partial charge in [0.15, 0.2) is 0 Å². The summed E-state index contributed by atoms with van der Waals surface area (Å²) in [4.78, 5) is 13.6. The van der Waals surface area contributed by atoms with Gasteiger partial charge in [0, 0.05) is 18.6 Å². The first-order valence-corrected chi connectivity index (χ1v) is 5.75. The number of nitrogens with zero attached hydrogens (tertiary/aromatic N) is 1. The Morgan fingerprint density at radius 1 is 1.40 bits per heavy atom. The maximum Gasteiger partial charge on any atom is 0.234 e. The zero-order chi connectivity index (χ0) is 11.9. The Kier molecular flexibility index (Phi) is 6.52. The molecule has 0 fully saturated rings. The highest BCUT2D eigenvalue weighted by Crippen LogP contribution is 2.17. The predicted octanol–water partition coefficient (Wildman–Crippen LogP) is 0.572. The van der Waals surface area contributed by atoms with Crippen molar-refractivity contribution >= 4 is 5.91 Å². The van der Waals surface area contributed by atoms with Crippen LogP contribution in [0.5, 0.6) is 0 Å². The predicted molar refractivity (Wildman–Crippen MR) is 63.7 cm³/mol. The van der Waals surface area contributed by atoms with Crippen LogP contribution < -0.4 is 11.1 Å². The van der Waals surface area contributed by atoms with Crippen LogP contribution in [0.4, 0.5) is 0 Å². The molecule has 3 N–H and O–H groups in total. The van der Waals surface area contributed by atoms with Crippen LogP contribution in [0.25, 0.3) is 0 Å². The van der Waals surface area contributed by atoms with Gasteiger partial charge in [0.1, 0.15) is 0 Å². The molecule has 0 radical (unpaired) electrons. The Balaban J connectivity index is 4.40. The molecule has 0 saturated heterocycles. The third-order valence-corrected chi connectivity index (χ3v) is 3.05. The van der Waals surface area contributed by atoms with Crippen molar-refractivity contribution < 1.29 is 4.79 Å². The Morgan fingerprint density at radius 3 is 2.33 bits per heavy atom. The number of carbonyl (C=O) groups excluding carboxylic acids is 1. The lowest BCUT2D eigenvalue weighted by molar-refractivity contribution is -0.123. The Morgan fingerprint density at radius 2 is 2.00 bits per heavy atom. The van der Waals surface area contributed by atoms with Crippen LogP contribution in [0.15, 0.2) is 0 Å². The molecule has 1 amide bonds. The van der Waals surface area contributed by atoms with Crippen molar-refractivity contribution in [3.05, 3.63) is 0 Å². The Hall–Kier alpha value is -0.610. The van der Waals surface area contributed by atoms with Gasteiger partial charge in [-0.1, -0.05) is 13.8 Å². The smallest absolute Gasteiger partial charge is 0.234 e. The van der Waals surface area contributed by atoms with E-state index in [1.54, 1.807) is 0 Å². The first kappa shape index (κ1) is 14.4. The quantitative estimate of drug-likeness (QED) is 0.653. The highest BCUT2D eigenvalue weighted by Gasteiger charge is 2.28. The van der Waals surface area contributed by atoms with Crippen LogP contribution in [-0.2, 0) is 4.79 Å². The third-order valence-electron chi connectivity index (χ3n) is 3.05. The molecule has 1 unspecified atom stereocenters. The number of hydrogen-bond acceptors (Lipinski definition) is 3. The summed E-state index contributed by atoms with van der Waals surface area (Å²) < 4.78 is 0. The highest BCUT2D eigenvalue weighted by atomic mass is 16.2. The largest absolute Gasteiger partial charge is 0.355 e. The lowest BCUT2D eigenvalue weighted by atomic mass is 9.96. The normalized spacial score (nSPS) is 15.1. The fourth-order valence-electron chi connectivity index (χ4n) is 1.61. The van der Waals surface area contributed by atoms with Crippen LogP contribution in [0, 0.1) is 0 Å². The molecular weight excluding hydrogens is 190 g/mol. The van der Waals surface area contributed by atoms with Gasteiger partial charge >= 0.3 is 0 Å². The molecule has 0 saturated carbocycles. The lowest BCUT2D eigenvalue weighted by Gasteiger charge is -2.39. The van der Waals surface area contributed by atoms with E-state index in [9.17, 15) is 4.79 Å². The molecule has 0 aliphatic carbocycles. The maximum absolute atomic E-state index is 11.5. The van der Waals surface area contributed by atoms with E-state index in [2.05, 4.69) is 31.0 Å². The molecule has 1 atom stereocenters. The average molecular weight is 215 g/mol. The lowest BCUT2D eigenvalue weighted by Crippen LogP contribution is -2.54. The summed E-state index contributed by atoms with van der Waals surface area (Å²) in [5.41, 5.74) is 5.70. The topological polar surface area (TPSA) is 58.4 Å². The van der Waals surface area contributed by atoms with Crippen molar-refractivity contribution in [2.75, 3.05) is 26.2 Å². The molecule has 15 heavy (non-hydrogen) atoms. The summed E-state index contributed by atoms with van der Waals surface area (Å²) in [5, 5.41) is 2.81. The van der Waals surface area contributed by atoms with Crippen LogP contribution in [0.2, 0.25) is 0 Å². The van der Waals surface area contributed by atoms with E-state index in [1.807, 2.05) is 6.92 Å². The molecule has 0 bridgehead atoms. The van der Waals surface area contributed by atoms with E-state index in [0.717, 1.165) is 13.0 Å². The van der Waals surface area contributed by atoms with E-state index in [-0.39, 0.29) is 11.4 Å². The Bertz CT molecular complexity index is 190. The van der Waals surface area contributed by atoms with E-state index in [4.69, 9.17) is 5.73 Å². The van der Waals surface area contributed by atoms with Gasteiger partial charge < -0.3 is 11.1 Å². The van der Waals surface area contributed by atoms with E-state index in [0.29, 0.717) is 19.6 Å². The number of hydrogen-bond donors (Lipinski definition) is 2. The van der Waals surface area contributed by atoms with Gasteiger partial charge in [-0.2, -0.15) is 0 Å². The molecule has 0 rings (SSSR count). The molecule has 0 aliphatic rings. The average Bonchev–Trinajstić information content (AvgIpc) is 2.25. The second kappa shape index (κ2) is 6.80.